The number of hydrogen-bond donors (Lipinski definition) is 1. The van der Waals surface area contributed by atoms with Crippen LogP contribution >= 0.6 is 0 Å². The molecule has 1 unspecified atom stereocenters. The largest absolute Gasteiger partial charge is 0.497 e. The first-order chi connectivity index (χ1) is 12.7. The molecule has 0 aliphatic carbocycles. The van der Waals surface area contributed by atoms with E-state index in [2.05, 4.69) is 42.6 Å². The Kier molecular flexibility index (Phi) is 6.69. The Balaban J connectivity index is 1.54. The van der Waals surface area contributed by atoms with Crippen LogP contribution in [0.5, 0.6) is 5.75 Å². The zero-order valence-electron chi connectivity index (χ0n) is 16.1. The first-order valence-corrected chi connectivity index (χ1v) is 9.72. The summed E-state index contributed by atoms with van der Waals surface area (Å²) in [5.74, 6) is 0.912. The van der Waals surface area contributed by atoms with Crippen molar-refractivity contribution in [2.45, 2.75) is 64.3 Å². The summed E-state index contributed by atoms with van der Waals surface area (Å²) in [6, 6.07) is 9.15. The predicted molar refractivity (Wildman–Crippen MR) is 104 cm³/mol. The molecule has 142 valence electrons. The average Bonchev–Trinajstić information content (AvgIpc) is 3.16. The summed E-state index contributed by atoms with van der Waals surface area (Å²) in [7, 11) is 1.70. The second kappa shape index (κ2) is 9.19. The van der Waals surface area contributed by atoms with E-state index in [9.17, 15) is 0 Å². The van der Waals surface area contributed by atoms with E-state index in [0.717, 1.165) is 44.6 Å². The highest BCUT2D eigenvalue weighted by Gasteiger charge is 2.29. The van der Waals surface area contributed by atoms with E-state index in [1.807, 2.05) is 23.0 Å². The molecule has 2 aromatic rings. The summed E-state index contributed by atoms with van der Waals surface area (Å²) in [6.45, 7) is 6.10. The van der Waals surface area contributed by atoms with E-state index < -0.39 is 0 Å². The van der Waals surface area contributed by atoms with Gasteiger partial charge in [-0.25, -0.2) is 0 Å². The SMILES string of the molecule is CCn1cc([C@H]2OCCC[C@@H]2NC(C)CCc2ccc(OC)cc2)cn1. The maximum absolute atomic E-state index is 6.09. The van der Waals surface area contributed by atoms with Gasteiger partial charge in [0.25, 0.3) is 0 Å². The smallest absolute Gasteiger partial charge is 0.118 e. The minimum absolute atomic E-state index is 0.104. The van der Waals surface area contributed by atoms with E-state index in [-0.39, 0.29) is 6.10 Å². The van der Waals surface area contributed by atoms with Crippen LogP contribution in [0.4, 0.5) is 0 Å². The maximum Gasteiger partial charge on any atom is 0.118 e. The van der Waals surface area contributed by atoms with Crippen molar-refractivity contribution < 1.29 is 9.47 Å². The van der Waals surface area contributed by atoms with E-state index in [1.54, 1.807) is 7.11 Å². The number of aryl methyl sites for hydroxylation is 2. The van der Waals surface area contributed by atoms with Gasteiger partial charge < -0.3 is 14.8 Å². The van der Waals surface area contributed by atoms with Crippen molar-refractivity contribution in [2.24, 2.45) is 0 Å². The third-order valence-electron chi connectivity index (χ3n) is 5.15. The number of nitrogens with one attached hydrogen (secondary N) is 1. The lowest BCUT2D eigenvalue weighted by Gasteiger charge is -2.34. The standard InChI is InChI=1S/C21H31N3O2/c1-4-24-15-18(14-22-24)21-20(6-5-13-26-21)23-16(2)7-8-17-9-11-19(25-3)12-10-17/h9-12,14-16,20-21,23H,4-8,13H2,1-3H3/t16?,20-,21+/m0/s1. The minimum atomic E-state index is 0.104. The van der Waals surface area contributed by atoms with Gasteiger partial charge in [-0.15, -0.1) is 0 Å². The molecule has 1 aromatic heterocycles. The summed E-state index contributed by atoms with van der Waals surface area (Å²) in [6.07, 6.45) is 8.60. The molecule has 2 heterocycles. The van der Waals surface area contributed by atoms with E-state index in [1.165, 1.54) is 11.1 Å². The highest BCUT2D eigenvalue weighted by Crippen LogP contribution is 2.28. The Morgan fingerprint density at radius 2 is 2.15 bits per heavy atom. The third-order valence-corrected chi connectivity index (χ3v) is 5.15. The zero-order valence-corrected chi connectivity index (χ0v) is 16.1. The Bertz CT molecular complexity index is 668. The summed E-state index contributed by atoms with van der Waals surface area (Å²) < 4.78 is 13.3. The second-order valence-corrected chi connectivity index (χ2v) is 7.12. The lowest BCUT2D eigenvalue weighted by molar-refractivity contribution is -0.0136. The molecule has 3 atom stereocenters. The van der Waals surface area contributed by atoms with Crippen LogP contribution in [0.25, 0.3) is 0 Å². The lowest BCUT2D eigenvalue weighted by Crippen LogP contribution is -2.44. The molecule has 26 heavy (non-hydrogen) atoms. The zero-order chi connectivity index (χ0) is 18.4. The van der Waals surface area contributed by atoms with Crippen LogP contribution in [0.15, 0.2) is 36.7 Å². The molecule has 0 spiro atoms. The normalized spacial score (nSPS) is 21.5. The summed E-state index contributed by atoms with van der Waals surface area (Å²) in [4.78, 5) is 0. The lowest BCUT2D eigenvalue weighted by atomic mass is 9.96. The molecule has 0 amide bonds. The van der Waals surface area contributed by atoms with Crippen LogP contribution in [0, 0.1) is 0 Å². The topological polar surface area (TPSA) is 48.3 Å². The Morgan fingerprint density at radius 1 is 1.35 bits per heavy atom. The van der Waals surface area contributed by atoms with Gasteiger partial charge >= 0.3 is 0 Å². The number of methoxy groups -OCH3 is 1. The number of aromatic nitrogens is 2. The highest BCUT2D eigenvalue weighted by molar-refractivity contribution is 5.27. The van der Waals surface area contributed by atoms with Crippen molar-refractivity contribution in [2.75, 3.05) is 13.7 Å². The fourth-order valence-electron chi connectivity index (χ4n) is 3.60. The molecule has 1 fully saturated rings. The predicted octanol–water partition coefficient (Wildman–Crippen LogP) is 3.74. The van der Waals surface area contributed by atoms with Gasteiger partial charge in [0.05, 0.1) is 13.3 Å². The van der Waals surface area contributed by atoms with Gasteiger partial charge in [0.15, 0.2) is 0 Å². The summed E-state index contributed by atoms with van der Waals surface area (Å²) in [5, 5.41) is 8.21. The maximum atomic E-state index is 6.09. The monoisotopic (exact) mass is 357 g/mol. The van der Waals surface area contributed by atoms with Gasteiger partial charge in [-0.05, 0) is 57.2 Å². The second-order valence-electron chi connectivity index (χ2n) is 7.12. The van der Waals surface area contributed by atoms with Crippen molar-refractivity contribution >= 4 is 0 Å². The molecule has 1 N–H and O–H groups in total. The molecule has 3 rings (SSSR count). The van der Waals surface area contributed by atoms with E-state index in [4.69, 9.17) is 9.47 Å². The van der Waals surface area contributed by atoms with Crippen molar-refractivity contribution in [3.05, 3.63) is 47.8 Å². The van der Waals surface area contributed by atoms with Gasteiger partial charge in [0.2, 0.25) is 0 Å². The van der Waals surface area contributed by atoms with Crippen LogP contribution in [0.3, 0.4) is 0 Å². The molecule has 1 aromatic carbocycles. The first kappa shape index (κ1) is 18.9. The number of benzene rings is 1. The number of rotatable bonds is 8. The Morgan fingerprint density at radius 3 is 2.85 bits per heavy atom. The quantitative estimate of drug-likeness (QED) is 0.782. The Hall–Kier alpha value is -1.85. The number of nitrogens with zero attached hydrogens (tertiary/aromatic N) is 2. The third kappa shape index (κ3) is 4.86. The van der Waals surface area contributed by atoms with Gasteiger partial charge in [-0.1, -0.05) is 12.1 Å². The molecule has 1 saturated heterocycles. The average molecular weight is 357 g/mol. The van der Waals surface area contributed by atoms with Crippen LogP contribution in [0.1, 0.15) is 50.3 Å². The molecule has 1 aliphatic heterocycles. The molecule has 0 saturated carbocycles. The van der Waals surface area contributed by atoms with E-state index in [0.29, 0.717) is 12.1 Å². The molecule has 0 radical (unpaired) electrons. The van der Waals surface area contributed by atoms with Gasteiger partial charge in [-0.3, -0.25) is 4.68 Å². The molecule has 5 heteroatoms. The molecular formula is C21H31N3O2. The fourth-order valence-corrected chi connectivity index (χ4v) is 3.60. The highest BCUT2D eigenvalue weighted by atomic mass is 16.5. The van der Waals surface area contributed by atoms with Gasteiger partial charge in [-0.2, -0.15) is 5.10 Å². The number of hydrogen-bond acceptors (Lipinski definition) is 4. The minimum Gasteiger partial charge on any atom is -0.497 e. The Labute approximate surface area is 156 Å². The van der Waals surface area contributed by atoms with Gasteiger partial charge in [0, 0.05) is 37.0 Å². The summed E-state index contributed by atoms with van der Waals surface area (Å²) >= 11 is 0. The van der Waals surface area contributed by atoms with Crippen LogP contribution in [-0.4, -0.2) is 35.6 Å². The van der Waals surface area contributed by atoms with Gasteiger partial charge in [0.1, 0.15) is 11.9 Å². The van der Waals surface area contributed by atoms with Crippen LogP contribution < -0.4 is 10.1 Å². The molecule has 0 bridgehead atoms. The molecular weight excluding hydrogens is 326 g/mol. The first-order valence-electron chi connectivity index (χ1n) is 9.72. The molecule has 5 nitrogen and oxygen atoms in total. The van der Waals surface area contributed by atoms with Crippen molar-refractivity contribution in [3.8, 4) is 5.75 Å². The summed E-state index contributed by atoms with van der Waals surface area (Å²) in [5.41, 5.74) is 2.53. The number of ether oxygens (including phenoxy) is 2. The van der Waals surface area contributed by atoms with E-state index >= 15 is 0 Å². The van der Waals surface area contributed by atoms with Crippen LogP contribution in [0.2, 0.25) is 0 Å². The van der Waals surface area contributed by atoms with Crippen molar-refractivity contribution in [1.82, 2.24) is 15.1 Å². The fraction of sp³-hybridized carbons (Fsp3) is 0.571. The van der Waals surface area contributed by atoms with Crippen molar-refractivity contribution in [3.63, 3.8) is 0 Å². The van der Waals surface area contributed by atoms with Crippen LogP contribution in [-0.2, 0) is 17.7 Å². The van der Waals surface area contributed by atoms with Crippen molar-refractivity contribution in [1.29, 1.82) is 0 Å². The molecule has 1 aliphatic rings.